The van der Waals surface area contributed by atoms with Gasteiger partial charge in [0.1, 0.15) is 0 Å². The van der Waals surface area contributed by atoms with E-state index in [0.717, 1.165) is 6.42 Å². The van der Waals surface area contributed by atoms with Crippen LogP contribution in [-0.2, 0) is 19.5 Å². The first-order chi connectivity index (χ1) is 3.41. The molecule has 0 amide bonds. The van der Waals surface area contributed by atoms with Gasteiger partial charge in [0.2, 0.25) is 0 Å². The molecule has 0 aliphatic rings. The van der Waals surface area contributed by atoms with Crippen LogP contribution in [0.5, 0.6) is 0 Å². The fourth-order valence-corrected chi connectivity index (χ4v) is 0.326. The Bertz CT molecular complexity index is 72.5. The molecule has 0 unspecified atom stereocenters. The van der Waals surface area contributed by atoms with E-state index in [1.165, 1.54) is 0 Å². The van der Waals surface area contributed by atoms with Gasteiger partial charge in [-0.1, -0.05) is 31.2 Å². The molecule has 0 atom stereocenters. The van der Waals surface area contributed by atoms with Gasteiger partial charge >= 0.3 is 0 Å². The van der Waals surface area contributed by atoms with Gasteiger partial charge in [-0.3, -0.25) is 0 Å². The van der Waals surface area contributed by atoms with E-state index in [-0.39, 0.29) is 19.5 Å². The SMILES string of the molecule is CC=CC=CCC.[Ru]. The fraction of sp³-hybridized carbons (Fsp3) is 0.429. The van der Waals surface area contributed by atoms with Crippen molar-refractivity contribution in [3.63, 3.8) is 0 Å². The molecule has 0 aromatic carbocycles. The predicted molar refractivity (Wildman–Crippen MR) is 34.2 cm³/mol. The van der Waals surface area contributed by atoms with E-state index in [1.807, 2.05) is 19.1 Å². The van der Waals surface area contributed by atoms with E-state index in [1.54, 1.807) is 0 Å². The van der Waals surface area contributed by atoms with Gasteiger partial charge in [-0.25, -0.2) is 0 Å². The summed E-state index contributed by atoms with van der Waals surface area (Å²) in [7, 11) is 0. The second-order valence-corrected chi connectivity index (χ2v) is 1.36. The molecule has 0 N–H and O–H groups in total. The number of hydrogen-bond acceptors (Lipinski definition) is 0. The zero-order chi connectivity index (χ0) is 5.54. The Morgan fingerprint density at radius 3 is 2.25 bits per heavy atom. The Hall–Kier alpha value is 0.103. The van der Waals surface area contributed by atoms with Crippen LogP contribution in [-0.4, -0.2) is 0 Å². The van der Waals surface area contributed by atoms with E-state index in [0.29, 0.717) is 0 Å². The van der Waals surface area contributed by atoms with Crippen LogP contribution in [0.15, 0.2) is 24.3 Å². The molecule has 0 bridgehead atoms. The average Bonchev–Trinajstić information content (AvgIpc) is 1.69. The van der Waals surface area contributed by atoms with Gasteiger partial charge in [-0.2, -0.15) is 0 Å². The minimum atomic E-state index is 0. The quantitative estimate of drug-likeness (QED) is 0.471. The summed E-state index contributed by atoms with van der Waals surface area (Å²) in [6, 6.07) is 0. The average molecular weight is 197 g/mol. The van der Waals surface area contributed by atoms with Crippen molar-refractivity contribution in [1.29, 1.82) is 0 Å². The second-order valence-electron chi connectivity index (χ2n) is 1.36. The van der Waals surface area contributed by atoms with Crippen LogP contribution in [0.2, 0.25) is 0 Å². The summed E-state index contributed by atoms with van der Waals surface area (Å²) in [6.07, 6.45) is 9.36. The van der Waals surface area contributed by atoms with E-state index in [4.69, 9.17) is 0 Å². The molecule has 0 aromatic rings. The predicted octanol–water partition coefficient (Wildman–Crippen LogP) is 2.53. The third kappa shape index (κ3) is 9.44. The van der Waals surface area contributed by atoms with Gasteiger partial charge in [0.15, 0.2) is 0 Å². The molecular formula is C7H12Ru. The van der Waals surface area contributed by atoms with Crippen LogP contribution < -0.4 is 0 Å². The minimum absolute atomic E-state index is 0. The summed E-state index contributed by atoms with van der Waals surface area (Å²) >= 11 is 0. The van der Waals surface area contributed by atoms with E-state index in [9.17, 15) is 0 Å². The van der Waals surface area contributed by atoms with Gasteiger partial charge in [0.25, 0.3) is 0 Å². The van der Waals surface area contributed by atoms with Crippen LogP contribution in [0.25, 0.3) is 0 Å². The minimum Gasteiger partial charge on any atom is -0.0877 e. The Morgan fingerprint density at radius 1 is 1.25 bits per heavy atom. The van der Waals surface area contributed by atoms with Crippen molar-refractivity contribution in [3.8, 4) is 0 Å². The second kappa shape index (κ2) is 10.2. The Kier molecular flexibility index (Phi) is 13.9. The number of allylic oxidation sites excluding steroid dienone is 4. The molecule has 0 saturated carbocycles. The van der Waals surface area contributed by atoms with Crippen molar-refractivity contribution in [2.75, 3.05) is 0 Å². The van der Waals surface area contributed by atoms with Crippen molar-refractivity contribution >= 4 is 0 Å². The maximum atomic E-state index is 2.12. The van der Waals surface area contributed by atoms with E-state index < -0.39 is 0 Å². The molecule has 0 radical (unpaired) electrons. The third-order valence-electron chi connectivity index (χ3n) is 0.675. The zero-order valence-electron chi connectivity index (χ0n) is 5.37. The van der Waals surface area contributed by atoms with Crippen molar-refractivity contribution < 1.29 is 19.5 Å². The third-order valence-corrected chi connectivity index (χ3v) is 0.675. The molecule has 1 heteroatoms. The first-order valence-corrected chi connectivity index (χ1v) is 2.69. The van der Waals surface area contributed by atoms with E-state index >= 15 is 0 Å². The molecule has 0 aliphatic heterocycles. The molecule has 48 valence electrons. The van der Waals surface area contributed by atoms with Crippen LogP contribution in [0.3, 0.4) is 0 Å². The summed E-state index contributed by atoms with van der Waals surface area (Å²) in [5.74, 6) is 0. The summed E-state index contributed by atoms with van der Waals surface area (Å²) in [5.41, 5.74) is 0. The molecule has 0 heterocycles. The first kappa shape index (κ1) is 11.0. The molecule has 0 rings (SSSR count). The van der Waals surface area contributed by atoms with Gasteiger partial charge in [-0.05, 0) is 13.3 Å². The molecule has 0 fully saturated rings. The van der Waals surface area contributed by atoms with Crippen LogP contribution >= 0.6 is 0 Å². The Morgan fingerprint density at radius 2 is 1.88 bits per heavy atom. The summed E-state index contributed by atoms with van der Waals surface area (Å²) in [6.45, 7) is 4.14. The normalized spacial score (nSPS) is 10.2. The first-order valence-electron chi connectivity index (χ1n) is 2.69. The van der Waals surface area contributed by atoms with Crippen LogP contribution in [0, 0.1) is 0 Å². The van der Waals surface area contributed by atoms with Crippen LogP contribution in [0.4, 0.5) is 0 Å². The standard InChI is InChI=1S/C7H12.Ru/c1-3-5-7-6-4-2;/h3,5-7H,4H2,1-2H3;. The summed E-state index contributed by atoms with van der Waals surface area (Å²) < 4.78 is 0. The Labute approximate surface area is 64.4 Å². The van der Waals surface area contributed by atoms with E-state index in [2.05, 4.69) is 19.1 Å². The maximum absolute atomic E-state index is 2.12. The smallest absolute Gasteiger partial charge is 0 e. The van der Waals surface area contributed by atoms with Gasteiger partial charge in [0.05, 0.1) is 0 Å². The van der Waals surface area contributed by atoms with Gasteiger partial charge < -0.3 is 0 Å². The van der Waals surface area contributed by atoms with Gasteiger partial charge in [-0.15, -0.1) is 0 Å². The molecule has 0 spiro atoms. The number of rotatable bonds is 2. The van der Waals surface area contributed by atoms with Crippen molar-refractivity contribution in [2.24, 2.45) is 0 Å². The van der Waals surface area contributed by atoms with Gasteiger partial charge in [0, 0.05) is 19.5 Å². The molecule has 0 saturated heterocycles. The van der Waals surface area contributed by atoms with Crippen molar-refractivity contribution in [2.45, 2.75) is 20.3 Å². The zero-order valence-corrected chi connectivity index (χ0v) is 7.11. The molecule has 8 heavy (non-hydrogen) atoms. The van der Waals surface area contributed by atoms with Crippen LogP contribution in [0.1, 0.15) is 20.3 Å². The molecule has 0 nitrogen and oxygen atoms in total. The number of hydrogen-bond donors (Lipinski definition) is 0. The Balaban J connectivity index is 0. The summed E-state index contributed by atoms with van der Waals surface area (Å²) in [5, 5.41) is 0. The topological polar surface area (TPSA) is 0 Å². The largest absolute Gasteiger partial charge is 0.0877 e. The van der Waals surface area contributed by atoms with Crippen molar-refractivity contribution in [1.82, 2.24) is 0 Å². The fourth-order valence-electron chi connectivity index (χ4n) is 0.326. The maximum Gasteiger partial charge on any atom is 0 e. The summed E-state index contributed by atoms with van der Waals surface area (Å²) in [4.78, 5) is 0. The molecule has 0 aliphatic carbocycles. The van der Waals surface area contributed by atoms with Crippen molar-refractivity contribution in [3.05, 3.63) is 24.3 Å². The molecular weight excluding hydrogens is 185 g/mol. The monoisotopic (exact) mass is 198 g/mol. The molecule has 0 aromatic heterocycles.